The number of allylic oxidation sites excluding steroid dienone is 1. The number of halogens is 2. The van der Waals surface area contributed by atoms with Crippen LogP contribution in [0.3, 0.4) is 0 Å². The van der Waals surface area contributed by atoms with E-state index in [1.165, 1.54) is 0 Å². The molecular weight excluding hydrogens is 389 g/mol. The van der Waals surface area contributed by atoms with E-state index in [0.29, 0.717) is 22.2 Å². The Bertz CT molecular complexity index is 1040. The minimum atomic E-state index is 0.361. The van der Waals surface area contributed by atoms with Gasteiger partial charge in [-0.3, -0.25) is 0 Å². The molecule has 3 aromatic rings. The van der Waals surface area contributed by atoms with Gasteiger partial charge in [0.25, 0.3) is 0 Å². The zero-order valence-corrected chi connectivity index (χ0v) is 17.2. The summed E-state index contributed by atoms with van der Waals surface area (Å²) in [5.74, 6) is 0.821. The lowest BCUT2D eigenvalue weighted by Gasteiger charge is -2.14. The molecule has 0 spiro atoms. The van der Waals surface area contributed by atoms with E-state index >= 15 is 0 Å². The summed E-state index contributed by atoms with van der Waals surface area (Å²) in [7, 11) is 0. The lowest BCUT2D eigenvalue weighted by atomic mass is 10.0. The van der Waals surface area contributed by atoms with E-state index in [0.717, 1.165) is 33.6 Å². The molecule has 0 N–H and O–H groups in total. The summed E-state index contributed by atoms with van der Waals surface area (Å²) in [5, 5.41) is 10.7. The monoisotopic (exact) mass is 407 g/mol. The number of benzene rings is 3. The first-order chi connectivity index (χ1) is 13.5. The molecule has 3 aromatic carbocycles. The van der Waals surface area contributed by atoms with Gasteiger partial charge < -0.3 is 4.74 Å². The van der Waals surface area contributed by atoms with Crippen LogP contribution in [0.2, 0.25) is 10.0 Å². The zero-order valence-electron chi connectivity index (χ0n) is 15.7. The van der Waals surface area contributed by atoms with Crippen molar-refractivity contribution in [3.63, 3.8) is 0 Å². The first-order valence-corrected chi connectivity index (χ1v) is 9.58. The van der Waals surface area contributed by atoms with Crippen LogP contribution in [-0.2, 0) is 6.61 Å². The lowest BCUT2D eigenvalue weighted by Crippen LogP contribution is -2.00. The highest BCUT2D eigenvalue weighted by atomic mass is 35.5. The average Bonchev–Trinajstić information content (AvgIpc) is 2.67. The number of hydrogen-bond acceptors (Lipinski definition) is 2. The Morgan fingerprint density at radius 2 is 1.68 bits per heavy atom. The maximum absolute atomic E-state index is 9.52. The summed E-state index contributed by atoms with van der Waals surface area (Å²) in [6.07, 6.45) is 1.90. The molecule has 0 fully saturated rings. The highest BCUT2D eigenvalue weighted by molar-refractivity contribution is 6.35. The van der Waals surface area contributed by atoms with Crippen LogP contribution in [0.15, 0.2) is 60.7 Å². The molecule has 4 heteroatoms. The van der Waals surface area contributed by atoms with E-state index in [9.17, 15) is 5.26 Å². The number of rotatable bonds is 5. The molecular formula is C24H19Cl2NO. The van der Waals surface area contributed by atoms with E-state index in [4.69, 9.17) is 27.9 Å². The molecule has 0 bridgehead atoms. The van der Waals surface area contributed by atoms with Crippen molar-refractivity contribution >= 4 is 34.9 Å². The molecule has 0 radical (unpaired) electrons. The van der Waals surface area contributed by atoms with E-state index in [-0.39, 0.29) is 0 Å². The molecule has 2 nitrogen and oxygen atoms in total. The molecule has 0 heterocycles. The van der Waals surface area contributed by atoms with Crippen molar-refractivity contribution in [2.24, 2.45) is 0 Å². The molecule has 140 valence electrons. The quantitative estimate of drug-likeness (QED) is 0.329. The fourth-order valence-electron chi connectivity index (χ4n) is 3.05. The first kappa shape index (κ1) is 20.0. The van der Waals surface area contributed by atoms with Crippen LogP contribution in [0.1, 0.15) is 27.8 Å². The Morgan fingerprint density at radius 1 is 1.00 bits per heavy atom. The smallest absolute Gasteiger partial charge is 0.125 e. The summed E-state index contributed by atoms with van der Waals surface area (Å²) in [4.78, 5) is 0. The standard InChI is InChI=1S/C24H19Cl2NO/c1-16-10-18(12-21(14-27)19-6-4-3-5-7-19)11-17(2)24(16)28-15-20-8-9-22(25)13-23(20)26/h3-13H,15H2,1-2H3/b21-12+. The van der Waals surface area contributed by atoms with Gasteiger partial charge in [-0.05, 0) is 66.4 Å². The van der Waals surface area contributed by atoms with Gasteiger partial charge in [0, 0.05) is 15.6 Å². The number of nitriles is 1. The average molecular weight is 408 g/mol. The number of hydrogen-bond donors (Lipinski definition) is 0. The third-order valence-corrected chi connectivity index (χ3v) is 4.97. The Morgan fingerprint density at radius 3 is 2.29 bits per heavy atom. The van der Waals surface area contributed by atoms with Gasteiger partial charge >= 0.3 is 0 Å². The van der Waals surface area contributed by atoms with E-state index in [2.05, 4.69) is 6.07 Å². The van der Waals surface area contributed by atoms with Crippen molar-refractivity contribution in [2.45, 2.75) is 20.5 Å². The van der Waals surface area contributed by atoms with Crippen molar-refractivity contribution in [3.8, 4) is 11.8 Å². The Balaban J connectivity index is 1.85. The SMILES string of the molecule is Cc1cc(/C=C(\C#N)c2ccccc2)cc(C)c1OCc1ccc(Cl)cc1Cl. The maximum atomic E-state index is 9.52. The molecule has 0 aromatic heterocycles. The van der Waals surface area contributed by atoms with Crippen molar-refractivity contribution in [1.82, 2.24) is 0 Å². The van der Waals surface area contributed by atoms with Crippen molar-refractivity contribution < 1.29 is 4.74 Å². The Hall–Kier alpha value is -2.73. The van der Waals surface area contributed by atoms with Gasteiger partial charge in [-0.1, -0.05) is 59.6 Å². The summed E-state index contributed by atoms with van der Waals surface area (Å²) in [6, 6.07) is 21.4. The number of aryl methyl sites for hydroxylation is 2. The second-order valence-electron chi connectivity index (χ2n) is 6.54. The molecule has 28 heavy (non-hydrogen) atoms. The molecule has 0 amide bonds. The van der Waals surface area contributed by atoms with E-state index < -0.39 is 0 Å². The number of ether oxygens (including phenoxy) is 1. The van der Waals surface area contributed by atoms with Gasteiger partial charge in [0.2, 0.25) is 0 Å². The summed E-state index contributed by atoms with van der Waals surface area (Å²) >= 11 is 12.2. The zero-order chi connectivity index (χ0) is 20.1. The van der Waals surface area contributed by atoms with Crippen LogP contribution in [0.5, 0.6) is 5.75 Å². The molecule has 0 aliphatic heterocycles. The highest BCUT2D eigenvalue weighted by Crippen LogP contribution is 2.29. The number of nitrogens with zero attached hydrogens (tertiary/aromatic N) is 1. The van der Waals surface area contributed by atoms with Crippen LogP contribution in [0, 0.1) is 25.2 Å². The topological polar surface area (TPSA) is 33.0 Å². The summed E-state index contributed by atoms with van der Waals surface area (Å²) < 4.78 is 6.03. The second kappa shape index (κ2) is 8.97. The largest absolute Gasteiger partial charge is 0.488 e. The van der Waals surface area contributed by atoms with Crippen LogP contribution >= 0.6 is 23.2 Å². The summed E-state index contributed by atoms with van der Waals surface area (Å²) in [6.45, 7) is 4.36. The van der Waals surface area contributed by atoms with Crippen molar-refractivity contribution in [1.29, 1.82) is 5.26 Å². The predicted octanol–water partition coefficient (Wildman–Crippen LogP) is 7.25. The molecule has 0 saturated heterocycles. The van der Waals surface area contributed by atoms with Gasteiger partial charge in [-0.2, -0.15) is 5.26 Å². The first-order valence-electron chi connectivity index (χ1n) is 8.83. The molecule has 0 unspecified atom stereocenters. The molecule has 0 aliphatic rings. The fraction of sp³-hybridized carbons (Fsp3) is 0.125. The molecule has 0 atom stereocenters. The van der Waals surface area contributed by atoms with Crippen LogP contribution in [0.25, 0.3) is 11.6 Å². The van der Waals surface area contributed by atoms with Gasteiger partial charge in [-0.15, -0.1) is 0 Å². The highest BCUT2D eigenvalue weighted by Gasteiger charge is 2.09. The Kier molecular flexibility index (Phi) is 6.41. The minimum Gasteiger partial charge on any atom is -0.488 e. The molecule has 0 aliphatic carbocycles. The van der Waals surface area contributed by atoms with Crippen molar-refractivity contribution in [2.75, 3.05) is 0 Å². The molecule has 0 saturated carbocycles. The van der Waals surface area contributed by atoms with Crippen LogP contribution in [-0.4, -0.2) is 0 Å². The van der Waals surface area contributed by atoms with Crippen molar-refractivity contribution in [3.05, 3.63) is 98.5 Å². The van der Waals surface area contributed by atoms with E-state index in [1.807, 2.05) is 68.5 Å². The van der Waals surface area contributed by atoms with Gasteiger partial charge in [0.05, 0.1) is 11.6 Å². The van der Waals surface area contributed by atoms with E-state index in [1.54, 1.807) is 12.1 Å². The van der Waals surface area contributed by atoms with Gasteiger partial charge in [-0.25, -0.2) is 0 Å². The van der Waals surface area contributed by atoms with Crippen LogP contribution in [0.4, 0.5) is 0 Å². The third kappa shape index (κ3) is 4.75. The van der Waals surface area contributed by atoms with Gasteiger partial charge in [0.1, 0.15) is 12.4 Å². The summed E-state index contributed by atoms with van der Waals surface area (Å²) in [5.41, 5.74) is 5.37. The van der Waals surface area contributed by atoms with Crippen LogP contribution < -0.4 is 4.74 Å². The minimum absolute atomic E-state index is 0.361. The Labute approximate surface area is 175 Å². The lowest BCUT2D eigenvalue weighted by molar-refractivity contribution is 0.302. The fourth-order valence-corrected chi connectivity index (χ4v) is 3.51. The normalized spacial score (nSPS) is 11.2. The van der Waals surface area contributed by atoms with Gasteiger partial charge in [0.15, 0.2) is 0 Å². The maximum Gasteiger partial charge on any atom is 0.125 e. The third-order valence-electron chi connectivity index (χ3n) is 4.39. The second-order valence-corrected chi connectivity index (χ2v) is 7.39. The molecule has 3 rings (SSSR count). The predicted molar refractivity (Wildman–Crippen MR) is 117 cm³/mol.